The highest BCUT2D eigenvalue weighted by Crippen LogP contribution is 2.29. The maximum absolute atomic E-state index is 9.44. The van der Waals surface area contributed by atoms with E-state index < -0.39 is 6.10 Å². The van der Waals surface area contributed by atoms with Crippen molar-refractivity contribution in [3.05, 3.63) is 23.3 Å². The highest BCUT2D eigenvalue weighted by molar-refractivity contribution is 5.47. The summed E-state index contributed by atoms with van der Waals surface area (Å²) in [5, 5.41) is 18.3. The second kappa shape index (κ2) is 5.72. The molecule has 0 aromatic heterocycles. The zero-order valence-corrected chi connectivity index (χ0v) is 9.86. The Balaban J connectivity index is 3.07. The van der Waals surface area contributed by atoms with E-state index in [1.807, 2.05) is 19.1 Å². The van der Waals surface area contributed by atoms with Gasteiger partial charge in [0, 0.05) is 12.0 Å². The zero-order chi connectivity index (χ0) is 12.1. The summed E-state index contributed by atoms with van der Waals surface area (Å²) < 4.78 is 10.4. The summed E-state index contributed by atoms with van der Waals surface area (Å²) in [7, 11) is 3.18. The number of methoxy groups -OCH3 is 2. The minimum absolute atomic E-state index is 0.264. The van der Waals surface area contributed by atoms with E-state index in [2.05, 4.69) is 0 Å². The molecule has 1 aromatic rings. The Bertz CT molecular complexity index is 349. The van der Waals surface area contributed by atoms with Gasteiger partial charge in [0.1, 0.15) is 11.5 Å². The third kappa shape index (κ3) is 2.87. The van der Waals surface area contributed by atoms with Gasteiger partial charge in [-0.2, -0.15) is 0 Å². The van der Waals surface area contributed by atoms with Crippen LogP contribution in [-0.4, -0.2) is 37.1 Å². The second-order valence-electron chi connectivity index (χ2n) is 3.68. The Morgan fingerprint density at radius 1 is 1.25 bits per heavy atom. The fourth-order valence-corrected chi connectivity index (χ4v) is 1.69. The Morgan fingerprint density at radius 2 is 1.94 bits per heavy atom. The first-order chi connectivity index (χ1) is 7.62. The van der Waals surface area contributed by atoms with Gasteiger partial charge in [-0.3, -0.25) is 0 Å². The van der Waals surface area contributed by atoms with Gasteiger partial charge in [0.05, 0.1) is 26.9 Å². The smallest absolute Gasteiger partial charge is 0.125 e. The highest BCUT2D eigenvalue weighted by atomic mass is 16.5. The fraction of sp³-hybridized carbons (Fsp3) is 0.500. The molecular formula is C12H18O4. The molecule has 90 valence electrons. The first-order valence-electron chi connectivity index (χ1n) is 5.12. The summed E-state index contributed by atoms with van der Waals surface area (Å²) in [5.74, 6) is 1.45. The molecule has 1 rings (SSSR count). The van der Waals surface area contributed by atoms with Crippen molar-refractivity contribution in [3.63, 3.8) is 0 Å². The molecule has 0 heterocycles. The topological polar surface area (TPSA) is 58.9 Å². The number of ether oxygens (including phenoxy) is 2. The van der Waals surface area contributed by atoms with Gasteiger partial charge in [0.2, 0.25) is 0 Å². The minimum atomic E-state index is -0.777. The van der Waals surface area contributed by atoms with Crippen LogP contribution in [-0.2, 0) is 6.42 Å². The highest BCUT2D eigenvalue weighted by Gasteiger charge is 2.13. The maximum Gasteiger partial charge on any atom is 0.125 e. The van der Waals surface area contributed by atoms with Gasteiger partial charge in [0.15, 0.2) is 0 Å². The molecule has 0 amide bonds. The largest absolute Gasteiger partial charge is 0.497 e. The predicted octanol–water partition coefficient (Wildman–Crippen LogP) is 0.908. The summed E-state index contributed by atoms with van der Waals surface area (Å²) in [6.07, 6.45) is -0.432. The standard InChI is InChI=1S/C12H18O4/c1-8-4-11(15-2)6-9(12(8)16-3)5-10(14)7-13/h4,6,10,13-14H,5,7H2,1-3H3. The van der Waals surface area contributed by atoms with E-state index in [1.54, 1.807) is 14.2 Å². The van der Waals surface area contributed by atoms with Crippen LogP contribution in [0, 0.1) is 6.92 Å². The number of hydrogen-bond donors (Lipinski definition) is 2. The summed E-state index contributed by atoms with van der Waals surface area (Å²) in [6.45, 7) is 1.65. The third-order valence-electron chi connectivity index (χ3n) is 2.43. The molecule has 0 saturated heterocycles. The number of aryl methyl sites for hydroxylation is 1. The molecule has 0 saturated carbocycles. The Hall–Kier alpha value is -1.26. The Labute approximate surface area is 95.4 Å². The van der Waals surface area contributed by atoms with Crippen LogP contribution >= 0.6 is 0 Å². The van der Waals surface area contributed by atoms with Crippen molar-refractivity contribution in [2.24, 2.45) is 0 Å². The van der Waals surface area contributed by atoms with Crippen molar-refractivity contribution in [1.29, 1.82) is 0 Å². The summed E-state index contributed by atoms with van der Waals surface area (Å²) in [6, 6.07) is 3.68. The number of aliphatic hydroxyl groups excluding tert-OH is 2. The summed E-state index contributed by atoms with van der Waals surface area (Å²) >= 11 is 0. The molecule has 0 aliphatic rings. The van der Waals surface area contributed by atoms with Crippen LogP contribution in [0.25, 0.3) is 0 Å². The Kier molecular flexibility index (Phi) is 4.58. The van der Waals surface area contributed by atoms with Crippen molar-refractivity contribution in [3.8, 4) is 11.5 Å². The molecular weight excluding hydrogens is 208 g/mol. The van der Waals surface area contributed by atoms with Crippen LogP contribution in [0.5, 0.6) is 11.5 Å². The van der Waals surface area contributed by atoms with E-state index in [0.717, 1.165) is 22.6 Å². The monoisotopic (exact) mass is 226 g/mol. The van der Waals surface area contributed by atoms with Crippen LogP contribution < -0.4 is 9.47 Å². The number of hydrogen-bond acceptors (Lipinski definition) is 4. The summed E-state index contributed by atoms with van der Waals surface area (Å²) in [5.41, 5.74) is 1.78. The first kappa shape index (κ1) is 12.8. The molecule has 1 unspecified atom stereocenters. The molecule has 0 bridgehead atoms. The molecule has 4 heteroatoms. The molecule has 16 heavy (non-hydrogen) atoms. The van der Waals surface area contributed by atoms with Gasteiger partial charge in [-0.1, -0.05) is 0 Å². The molecule has 0 aliphatic heterocycles. The average Bonchev–Trinajstić information content (AvgIpc) is 2.28. The van der Waals surface area contributed by atoms with Crippen LogP contribution in [0.4, 0.5) is 0 Å². The normalized spacial score (nSPS) is 12.3. The lowest BCUT2D eigenvalue weighted by Crippen LogP contribution is -2.16. The average molecular weight is 226 g/mol. The first-order valence-corrected chi connectivity index (χ1v) is 5.12. The molecule has 0 radical (unpaired) electrons. The van der Waals surface area contributed by atoms with Crippen molar-refractivity contribution in [2.45, 2.75) is 19.4 Å². The van der Waals surface area contributed by atoms with Crippen molar-refractivity contribution < 1.29 is 19.7 Å². The zero-order valence-electron chi connectivity index (χ0n) is 9.86. The summed E-state index contributed by atoms with van der Waals surface area (Å²) in [4.78, 5) is 0. The van der Waals surface area contributed by atoms with Gasteiger partial charge in [-0.05, 0) is 24.6 Å². The predicted molar refractivity (Wildman–Crippen MR) is 61.1 cm³/mol. The lowest BCUT2D eigenvalue weighted by atomic mass is 10.0. The van der Waals surface area contributed by atoms with E-state index in [4.69, 9.17) is 14.6 Å². The van der Waals surface area contributed by atoms with Crippen molar-refractivity contribution in [2.75, 3.05) is 20.8 Å². The van der Waals surface area contributed by atoms with Gasteiger partial charge in [0.25, 0.3) is 0 Å². The van der Waals surface area contributed by atoms with Crippen LogP contribution in [0.3, 0.4) is 0 Å². The quantitative estimate of drug-likeness (QED) is 0.783. The SMILES string of the molecule is COc1cc(C)c(OC)c(CC(O)CO)c1. The lowest BCUT2D eigenvalue weighted by Gasteiger charge is -2.15. The van der Waals surface area contributed by atoms with Crippen LogP contribution in [0.2, 0.25) is 0 Å². The molecule has 1 atom stereocenters. The van der Waals surface area contributed by atoms with E-state index in [9.17, 15) is 5.11 Å². The van der Waals surface area contributed by atoms with Gasteiger partial charge in [-0.25, -0.2) is 0 Å². The van der Waals surface area contributed by atoms with Crippen LogP contribution in [0.15, 0.2) is 12.1 Å². The molecule has 4 nitrogen and oxygen atoms in total. The molecule has 0 spiro atoms. The van der Waals surface area contributed by atoms with Gasteiger partial charge >= 0.3 is 0 Å². The van der Waals surface area contributed by atoms with Gasteiger partial charge < -0.3 is 19.7 Å². The van der Waals surface area contributed by atoms with E-state index in [1.165, 1.54) is 0 Å². The fourth-order valence-electron chi connectivity index (χ4n) is 1.69. The number of rotatable bonds is 5. The number of aliphatic hydroxyl groups is 2. The molecule has 1 aromatic carbocycles. The van der Waals surface area contributed by atoms with Crippen molar-refractivity contribution in [1.82, 2.24) is 0 Å². The minimum Gasteiger partial charge on any atom is -0.497 e. The van der Waals surface area contributed by atoms with E-state index >= 15 is 0 Å². The molecule has 0 fully saturated rings. The second-order valence-corrected chi connectivity index (χ2v) is 3.68. The molecule has 0 aliphatic carbocycles. The van der Waals surface area contributed by atoms with Gasteiger partial charge in [-0.15, -0.1) is 0 Å². The van der Waals surface area contributed by atoms with Crippen molar-refractivity contribution >= 4 is 0 Å². The van der Waals surface area contributed by atoms with Crippen LogP contribution in [0.1, 0.15) is 11.1 Å². The third-order valence-corrected chi connectivity index (χ3v) is 2.43. The Morgan fingerprint density at radius 3 is 2.44 bits per heavy atom. The lowest BCUT2D eigenvalue weighted by molar-refractivity contribution is 0.0949. The van der Waals surface area contributed by atoms with E-state index in [0.29, 0.717) is 6.42 Å². The maximum atomic E-state index is 9.44. The molecule has 2 N–H and O–H groups in total. The van der Waals surface area contributed by atoms with E-state index in [-0.39, 0.29) is 6.61 Å². The number of benzene rings is 1.